The second-order valence-electron chi connectivity index (χ2n) is 4.46. The first-order chi connectivity index (χ1) is 10.7. The maximum absolute atomic E-state index is 11.7. The predicted octanol–water partition coefficient (Wildman–Crippen LogP) is 3.54. The summed E-state index contributed by atoms with van der Waals surface area (Å²) in [5.41, 5.74) is 2.18. The van der Waals surface area contributed by atoms with Crippen molar-refractivity contribution in [3.05, 3.63) is 58.6 Å². The minimum atomic E-state index is -0.623. The van der Waals surface area contributed by atoms with Gasteiger partial charge in [-0.05, 0) is 23.8 Å². The number of amides is 1. The summed E-state index contributed by atoms with van der Waals surface area (Å²) in [7, 11) is 0. The lowest BCUT2D eigenvalue weighted by Gasteiger charge is -2.06. The third kappa shape index (κ3) is 3.56. The Morgan fingerprint density at radius 1 is 1.09 bits per heavy atom. The van der Waals surface area contributed by atoms with Crippen LogP contribution in [0.25, 0.3) is 11.0 Å². The van der Waals surface area contributed by atoms with Gasteiger partial charge in [-0.3, -0.25) is 5.32 Å². The molecule has 0 atom stereocenters. The van der Waals surface area contributed by atoms with Crippen LogP contribution in [-0.4, -0.2) is 21.3 Å². The molecule has 0 bridgehead atoms. The molecule has 3 aromatic rings. The smallest absolute Gasteiger partial charge is 0.414 e. The van der Waals surface area contributed by atoms with Crippen molar-refractivity contribution < 1.29 is 9.53 Å². The van der Waals surface area contributed by atoms with Gasteiger partial charge in [0.05, 0.1) is 5.52 Å². The fourth-order valence-electron chi connectivity index (χ4n) is 1.81. The number of carbonyl (C=O) groups is 1. The number of anilines is 1. The van der Waals surface area contributed by atoms with Crippen molar-refractivity contribution in [2.45, 2.75) is 6.61 Å². The second-order valence-corrected chi connectivity index (χ2v) is 5.37. The number of carbonyl (C=O) groups excluding carboxylic acids is 1. The summed E-state index contributed by atoms with van der Waals surface area (Å²) >= 11 is 3.35. The number of aromatic nitrogens is 3. The van der Waals surface area contributed by atoms with Crippen LogP contribution in [0.1, 0.15) is 5.56 Å². The van der Waals surface area contributed by atoms with E-state index in [1.807, 2.05) is 36.4 Å². The first-order valence-electron chi connectivity index (χ1n) is 6.48. The van der Waals surface area contributed by atoms with Crippen molar-refractivity contribution in [2.75, 3.05) is 5.32 Å². The second kappa shape index (κ2) is 6.48. The van der Waals surface area contributed by atoms with E-state index in [4.69, 9.17) is 4.74 Å². The van der Waals surface area contributed by atoms with E-state index in [1.165, 1.54) is 0 Å². The standard InChI is InChI=1S/C15H11BrN4O2/c16-11-6-7-12-13(8-11)19-20-14(17-12)18-15(21)22-9-10-4-2-1-3-5-10/h1-8H,9H2,(H,17,18,20,21). The van der Waals surface area contributed by atoms with Crippen LogP contribution in [0.5, 0.6) is 0 Å². The SMILES string of the molecule is O=C(Nc1nnc2cc(Br)ccc2n1)OCc1ccccc1. The highest BCUT2D eigenvalue weighted by Crippen LogP contribution is 2.16. The molecule has 0 saturated heterocycles. The average molecular weight is 359 g/mol. The van der Waals surface area contributed by atoms with E-state index in [0.29, 0.717) is 11.0 Å². The molecule has 0 fully saturated rings. The number of hydrogen-bond acceptors (Lipinski definition) is 5. The Labute approximate surface area is 134 Å². The molecule has 7 heteroatoms. The Hall–Kier alpha value is -2.54. The normalized spacial score (nSPS) is 10.4. The zero-order chi connectivity index (χ0) is 15.4. The number of ether oxygens (including phenoxy) is 1. The van der Waals surface area contributed by atoms with Gasteiger partial charge in [0.25, 0.3) is 5.95 Å². The highest BCUT2D eigenvalue weighted by molar-refractivity contribution is 9.10. The first kappa shape index (κ1) is 14.4. The van der Waals surface area contributed by atoms with E-state index in [-0.39, 0.29) is 12.6 Å². The molecule has 6 nitrogen and oxygen atoms in total. The molecule has 2 aromatic carbocycles. The van der Waals surface area contributed by atoms with Gasteiger partial charge in [0.15, 0.2) is 0 Å². The summed E-state index contributed by atoms with van der Waals surface area (Å²) in [4.78, 5) is 15.9. The third-order valence-electron chi connectivity index (χ3n) is 2.84. The Morgan fingerprint density at radius 2 is 1.91 bits per heavy atom. The molecule has 0 unspecified atom stereocenters. The van der Waals surface area contributed by atoms with Gasteiger partial charge in [0.1, 0.15) is 12.1 Å². The van der Waals surface area contributed by atoms with Crippen LogP contribution >= 0.6 is 15.9 Å². The maximum atomic E-state index is 11.7. The molecule has 0 saturated carbocycles. The van der Waals surface area contributed by atoms with Crippen LogP contribution in [0.15, 0.2) is 53.0 Å². The van der Waals surface area contributed by atoms with Gasteiger partial charge in [-0.1, -0.05) is 46.3 Å². The highest BCUT2D eigenvalue weighted by Gasteiger charge is 2.08. The molecule has 0 spiro atoms. The van der Waals surface area contributed by atoms with Crippen molar-refractivity contribution in [1.29, 1.82) is 0 Å². The quantitative estimate of drug-likeness (QED) is 0.774. The van der Waals surface area contributed by atoms with Crippen LogP contribution in [0.2, 0.25) is 0 Å². The molecule has 1 amide bonds. The minimum Gasteiger partial charge on any atom is -0.444 e. The lowest BCUT2D eigenvalue weighted by molar-refractivity contribution is 0.155. The molecule has 0 radical (unpaired) electrons. The highest BCUT2D eigenvalue weighted by atomic mass is 79.9. The van der Waals surface area contributed by atoms with E-state index in [9.17, 15) is 4.79 Å². The van der Waals surface area contributed by atoms with Crippen molar-refractivity contribution in [3.63, 3.8) is 0 Å². The fourth-order valence-corrected chi connectivity index (χ4v) is 2.16. The summed E-state index contributed by atoms with van der Waals surface area (Å²) in [6.45, 7) is 0.181. The fraction of sp³-hybridized carbons (Fsp3) is 0.0667. The van der Waals surface area contributed by atoms with Gasteiger partial charge < -0.3 is 4.74 Å². The third-order valence-corrected chi connectivity index (χ3v) is 3.34. The zero-order valence-corrected chi connectivity index (χ0v) is 12.9. The number of hydrogen-bond donors (Lipinski definition) is 1. The van der Waals surface area contributed by atoms with Crippen LogP contribution < -0.4 is 5.32 Å². The molecule has 22 heavy (non-hydrogen) atoms. The summed E-state index contributed by atoms with van der Waals surface area (Å²) < 4.78 is 5.99. The molecular formula is C15H11BrN4O2. The number of halogens is 1. The molecule has 1 heterocycles. The van der Waals surface area contributed by atoms with Gasteiger partial charge >= 0.3 is 6.09 Å². The Morgan fingerprint density at radius 3 is 2.73 bits per heavy atom. The predicted molar refractivity (Wildman–Crippen MR) is 85.3 cm³/mol. The van der Waals surface area contributed by atoms with E-state index >= 15 is 0 Å². The molecule has 3 rings (SSSR count). The van der Waals surface area contributed by atoms with E-state index in [1.54, 1.807) is 12.1 Å². The number of nitrogens with one attached hydrogen (secondary N) is 1. The largest absolute Gasteiger partial charge is 0.444 e. The number of rotatable bonds is 3. The zero-order valence-electron chi connectivity index (χ0n) is 11.4. The monoisotopic (exact) mass is 358 g/mol. The summed E-state index contributed by atoms with van der Waals surface area (Å²) in [6.07, 6.45) is -0.623. The maximum Gasteiger partial charge on any atom is 0.414 e. The van der Waals surface area contributed by atoms with E-state index in [0.717, 1.165) is 10.0 Å². The van der Waals surface area contributed by atoms with Crippen molar-refractivity contribution in [3.8, 4) is 0 Å². The summed E-state index contributed by atoms with van der Waals surface area (Å²) in [5.74, 6) is 0.105. The number of nitrogens with zero attached hydrogens (tertiary/aromatic N) is 3. The molecule has 0 aliphatic rings. The Balaban J connectivity index is 1.65. The van der Waals surface area contributed by atoms with Crippen LogP contribution in [-0.2, 0) is 11.3 Å². The molecular weight excluding hydrogens is 348 g/mol. The molecule has 0 aliphatic heterocycles. The lowest BCUT2D eigenvalue weighted by Crippen LogP contribution is -2.16. The number of benzene rings is 2. The van der Waals surface area contributed by atoms with Crippen molar-refractivity contribution in [1.82, 2.24) is 15.2 Å². The molecule has 0 aliphatic carbocycles. The van der Waals surface area contributed by atoms with Gasteiger partial charge in [-0.2, -0.15) is 0 Å². The van der Waals surface area contributed by atoms with Crippen LogP contribution in [0.4, 0.5) is 10.7 Å². The Bertz CT molecular complexity index is 811. The van der Waals surface area contributed by atoms with Crippen LogP contribution in [0.3, 0.4) is 0 Å². The lowest BCUT2D eigenvalue weighted by atomic mass is 10.2. The van der Waals surface area contributed by atoms with Crippen LogP contribution in [0, 0.1) is 0 Å². The van der Waals surface area contributed by atoms with Gasteiger partial charge in [-0.25, -0.2) is 9.78 Å². The average Bonchev–Trinajstić information content (AvgIpc) is 2.54. The van der Waals surface area contributed by atoms with Gasteiger partial charge in [-0.15, -0.1) is 10.2 Å². The topological polar surface area (TPSA) is 77.0 Å². The molecule has 1 N–H and O–H groups in total. The summed E-state index contributed by atoms with van der Waals surface area (Å²) in [6, 6.07) is 14.8. The minimum absolute atomic E-state index is 0.105. The van der Waals surface area contributed by atoms with Crippen molar-refractivity contribution >= 4 is 39.0 Å². The molecule has 110 valence electrons. The van der Waals surface area contributed by atoms with E-state index < -0.39 is 6.09 Å². The van der Waals surface area contributed by atoms with Crippen molar-refractivity contribution in [2.24, 2.45) is 0 Å². The summed E-state index contributed by atoms with van der Waals surface area (Å²) in [5, 5.41) is 10.3. The first-order valence-corrected chi connectivity index (χ1v) is 7.28. The van der Waals surface area contributed by atoms with E-state index in [2.05, 4.69) is 36.4 Å². The van der Waals surface area contributed by atoms with Gasteiger partial charge in [0.2, 0.25) is 0 Å². The Kier molecular flexibility index (Phi) is 4.24. The number of fused-ring (bicyclic) bond motifs is 1. The van der Waals surface area contributed by atoms with Gasteiger partial charge in [0, 0.05) is 4.47 Å². The molecule has 1 aromatic heterocycles.